The lowest BCUT2D eigenvalue weighted by atomic mass is 9.92. The van der Waals surface area contributed by atoms with Gasteiger partial charge in [0.15, 0.2) is 0 Å². The van der Waals surface area contributed by atoms with Crippen molar-refractivity contribution in [3.05, 3.63) is 60.2 Å². The first-order chi connectivity index (χ1) is 9.83. The zero-order chi connectivity index (χ0) is 13.8. The van der Waals surface area contributed by atoms with Crippen molar-refractivity contribution in [2.45, 2.75) is 31.3 Å². The topological polar surface area (TPSA) is 38.0 Å². The molecule has 0 saturated carbocycles. The van der Waals surface area contributed by atoms with Crippen LogP contribution < -0.4 is 11.1 Å². The van der Waals surface area contributed by atoms with E-state index >= 15 is 0 Å². The van der Waals surface area contributed by atoms with E-state index in [1.165, 1.54) is 23.1 Å². The first-order valence-electron chi connectivity index (χ1n) is 7.46. The van der Waals surface area contributed by atoms with E-state index in [1.54, 1.807) is 0 Å². The summed E-state index contributed by atoms with van der Waals surface area (Å²) in [7, 11) is 0. The van der Waals surface area contributed by atoms with Crippen molar-refractivity contribution in [3.8, 4) is 11.1 Å². The summed E-state index contributed by atoms with van der Waals surface area (Å²) in [5.41, 5.74) is 10.1. The average Bonchev–Trinajstić information content (AvgIpc) is 2.51. The lowest BCUT2D eigenvalue weighted by molar-refractivity contribution is 0.349. The maximum absolute atomic E-state index is 6.21. The maximum atomic E-state index is 6.21. The molecule has 3 N–H and O–H groups in total. The summed E-state index contributed by atoms with van der Waals surface area (Å²) in [6.07, 6.45) is 3.35. The summed E-state index contributed by atoms with van der Waals surface area (Å²) in [5.74, 6) is 0. The van der Waals surface area contributed by atoms with Gasteiger partial charge in [0, 0.05) is 12.1 Å². The van der Waals surface area contributed by atoms with Crippen LogP contribution in [-0.4, -0.2) is 18.6 Å². The molecule has 2 nitrogen and oxygen atoms in total. The highest BCUT2D eigenvalue weighted by molar-refractivity contribution is 5.63. The summed E-state index contributed by atoms with van der Waals surface area (Å²) < 4.78 is 0. The van der Waals surface area contributed by atoms with Gasteiger partial charge in [0.05, 0.1) is 0 Å². The van der Waals surface area contributed by atoms with Crippen molar-refractivity contribution >= 4 is 0 Å². The van der Waals surface area contributed by atoms with Crippen LogP contribution in [0.2, 0.25) is 0 Å². The van der Waals surface area contributed by atoms with Crippen LogP contribution >= 0.6 is 0 Å². The van der Waals surface area contributed by atoms with Crippen molar-refractivity contribution in [1.82, 2.24) is 5.32 Å². The highest BCUT2D eigenvalue weighted by Gasteiger charge is 2.21. The van der Waals surface area contributed by atoms with Crippen LogP contribution in [0, 0.1) is 0 Å². The Hall–Kier alpha value is -1.64. The summed E-state index contributed by atoms with van der Waals surface area (Å²) in [4.78, 5) is 0. The molecule has 0 aliphatic carbocycles. The number of rotatable bonds is 3. The average molecular weight is 266 g/mol. The van der Waals surface area contributed by atoms with Gasteiger partial charge in [-0.15, -0.1) is 0 Å². The van der Waals surface area contributed by atoms with Crippen LogP contribution in [0.4, 0.5) is 0 Å². The van der Waals surface area contributed by atoms with Crippen LogP contribution in [0.15, 0.2) is 54.6 Å². The van der Waals surface area contributed by atoms with Crippen LogP contribution in [0.1, 0.15) is 18.4 Å². The SMILES string of the molecule is NC1CCCNC1Cc1cccc(-c2ccccc2)c1. The number of hydrogen-bond donors (Lipinski definition) is 2. The lowest BCUT2D eigenvalue weighted by Crippen LogP contribution is -2.50. The third-order valence-electron chi connectivity index (χ3n) is 4.13. The fourth-order valence-electron chi connectivity index (χ4n) is 2.96. The number of piperidine rings is 1. The molecule has 2 aromatic carbocycles. The monoisotopic (exact) mass is 266 g/mol. The van der Waals surface area contributed by atoms with E-state index in [1.807, 2.05) is 0 Å². The van der Waals surface area contributed by atoms with Crippen molar-refractivity contribution < 1.29 is 0 Å². The molecule has 2 atom stereocenters. The van der Waals surface area contributed by atoms with E-state index in [9.17, 15) is 0 Å². The Balaban J connectivity index is 1.78. The smallest absolute Gasteiger partial charge is 0.0259 e. The zero-order valence-electron chi connectivity index (χ0n) is 11.8. The molecular weight excluding hydrogens is 244 g/mol. The summed E-state index contributed by atoms with van der Waals surface area (Å²) in [6, 6.07) is 20.0. The first kappa shape index (κ1) is 13.3. The molecule has 20 heavy (non-hydrogen) atoms. The molecule has 0 radical (unpaired) electrons. The van der Waals surface area contributed by atoms with Gasteiger partial charge < -0.3 is 11.1 Å². The minimum atomic E-state index is 0.282. The number of benzene rings is 2. The van der Waals surface area contributed by atoms with Crippen LogP contribution in [0.3, 0.4) is 0 Å². The van der Waals surface area contributed by atoms with Gasteiger partial charge in [-0.25, -0.2) is 0 Å². The Bertz CT molecular complexity index is 550. The van der Waals surface area contributed by atoms with Gasteiger partial charge in [0.2, 0.25) is 0 Å². The van der Waals surface area contributed by atoms with Crippen LogP contribution in [0.5, 0.6) is 0 Å². The van der Waals surface area contributed by atoms with E-state index in [4.69, 9.17) is 5.73 Å². The van der Waals surface area contributed by atoms with Gasteiger partial charge in [-0.1, -0.05) is 54.6 Å². The molecule has 3 rings (SSSR count). The zero-order valence-corrected chi connectivity index (χ0v) is 11.8. The summed E-state index contributed by atoms with van der Waals surface area (Å²) >= 11 is 0. The molecular formula is C18H22N2. The second-order valence-electron chi connectivity index (χ2n) is 5.64. The molecule has 1 heterocycles. The summed E-state index contributed by atoms with van der Waals surface area (Å²) in [5, 5.41) is 3.55. The van der Waals surface area contributed by atoms with Crippen molar-refractivity contribution in [2.24, 2.45) is 5.73 Å². The van der Waals surface area contributed by atoms with Crippen molar-refractivity contribution in [3.63, 3.8) is 0 Å². The van der Waals surface area contributed by atoms with E-state index in [-0.39, 0.29) is 6.04 Å². The van der Waals surface area contributed by atoms with Crippen molar-refractivity contribution in [2.75, 3.05) is 6.54 Å². The van der Waals surface area contributed by atoms with Gasteiger partial charge in [-0.2, -0.15) is 0 Å². The summed E-state index contributed by atoms with van der Waals surface area (Å²) in [6.45, 7) is 1.09. The van der Waals surface area contributed by atoms with Crippen LogP contribution in [0.25, 0.3) is 11.1 Å². The molecule has 1 aliphatic rings. The van der Waals surface area contributed by atoms with E-state index in [2.05, 4.69) is 59.9 Å². The molecule has 1 fully saturated rings. The quantitative estimate of drug-likeness (QED) is 0.896. The predicted molar refractivity (Wildman–Crippen MR) is 84.6 cm³/mol. The molecule has 104 valence electrons. The standard InChI is InChI=1S/C18H22N2/c19-17-10-5-11-20-18(17)13-14-6-4-9-16(12-14)15-7-2-1-3-8-15/h1-4,6-9,12,17-18,20H,5,10-11,13,19H2. The molecule has 2 aromatic rings. The molecule has 0 amide bonds. The molecule has 2 heteroatoms. The molecule has 1 saturated heterocycles. The van der Waals surface area contributed by atoms with E-state index < -0.39 is 0 Å². The number of nitrogens with two attached hydrogens (primary N) is 1. The van der Waals surface area contributed by atoms with Gasteiger partial charge in [0.1, 0.15) is 0 Å². The Morgan fingerprint density at radius 3 is 2.60 bits per heavy atom. The third kappa shape index (κ3) is 3.09. The second-order valence-corrected chi connectivity index (χ2v) is 5.64. The predicted octanol–water partition coefficient (Wildman–Crippen LogP) is 2.98. The molecule has 2 unspecified atom stereocenters. The molecule has 0 bridgehead atoms. The Morgan fingerprint density at radius 1 is 1.00 bits per heavy atom. The van der Waals surface area contributed by atoms with Gasteiger partial charge in [-0.05, 0) is 42.5 Å². The normalized spacial score (nSPS) is 22.6. The Kier molecular flexibility index (Phi) is 4.14. The van der Waals surface area contributed by atoms with Crippen LogP contribution in [-0.2, 0) is 6.42 Å². The first-order valence-corrected chi connectivity index (χ1v) is 7.46. The molecule has 1 aliphatic heterocycles. The lowest BCUT2D eigenvalue weighted by Gasteiger charge is -2.30. The van der Waals surface area contributed by atoms with E-state index in [0.29, 0.717) is 6.04 Å². The Labute approximate surface area is 121 Å². The van der Waals surface area contributed by atoms with Gasteiger partial charge >= 0.3 is 0 Å². The minimum Gasteiger partial charge on any atom is -0.326 e. The van der Waals surface area contributed by atoms with Crippen molar-refractivity contribution in [1.29, 1.82) is 0 Å². The highest BCUT2D eigenvalue weighted by Crippen LogP contribution is 2.21. The minimum absolute atomic E-state index is 0.282. The maximum Gasteiger partial charge on any atom is 0.0259 e. The van der Waals surface area contributed by atoms with Gasteiger partial charge in [0.25, 0.3) is 0 Å². The molecule has 0 aromatic heterocycles. The molecule has 0 spiro atoms. The fraction of sp³-hybridized carbons (Fsp3) is 0.333. The van der Waals surface area contributed by atoms with E-state index in [0.717, 1.165) is 19.4 Å². The largest absolute Gasteiger partial charge is 0.326 e. The second kappa shape index (κ2) is 6.21. The number of hydrogen-bond acceptors (Lipinski definition) is 2. The Morgan fingerprint density at radius 2 is 1.80 bits per heavy atom. The highest BCUT2D eigenvalue weighted by atomic mass is 15.0. The van der Waals surface area contributed by atoms with Gasteiger partial charge in [-0.3, -0.25) is 0 Å². The fourth-order valence-corrected chi connectivity index (χ4v) is 2.96. The number of nitrogens with one attached hydrogen (secondary N) is 1. The third-order valence-corrected chi connectivity index (χ3v) is 4.13.